The zero-order valence-corrected chi connectivity index (χ0v) is 12.9. The summed E-state index contributed by atoms with van der Waals surface area (Å²) in [6.45, 7) is 1.84. The highest BCUT2D eigenvalue weighted by molar-refractivity contribution is 6.32. The van der Waals surface area contributed by atoms with Gasteiger partial charge in [-0.2, -0.15) is 4.98 Å². The van der Waals surface area contributed by atoms with Crippen molar-refractivity contribution >= 4 is 30.3 Å². The number of nitrogens with zero attached hydrogens (tertiary/aromatic N) is 3. The smallest absolute Gasteiger partial charge is 0.245 e. The first kappa shape index (κ1) is 15.0. The van der Waals surface area contributed by atoms with E-state index in [-0.39, 0.29) is 29.1 Å². The maximum atomic E-state index is 12.6. The van der Waals surface area contributed by atoms with E-state index in [1.54, 1.807) is 17.7 Å². The molecule has 6 nitrogen and oxygen atoms in total. The van der Waals surface area contributed by atoms with Crippen molar-refractivity contribution in [1.82, 2.24) is 14.5 Å². The number of fused-ring (bicyclic) bond motifs is 1. The van der Waals surface area contributed by atoms with Gasteiger partial charge in [0.25, 0.3) is 0 Å². The second-order valence-electron chi connectivity index (χ2n) is 5.85. The van der Waals surface area contributed by atoms with Gasteiger partial charge in [0, 0.05) is 18.5 Å². The van der Waals surface area contributed by atoms with E-state index in [9.17, 15) is 4.79 Å². The topological polar surface area (TPSA) is 83.0 Å². The molecule has 0 saturated heterocycles. The van der Waals surface area contributed by atoms with Crippen LogP contribution in [-0.4, -0.2) is 35.6 Å². The zero-order chi connectivity index (χ0) is 15.9. The van der Waals surface area contributed by atoms with E-state index in [1.807, 2.05) is 6.92 Å². The third-order valence-corrected chi connectivity index (χ3v) is 4.47. The van der Waals surface area contributed by atoms with Crippen molar-refractivity contribution in [2.45, 2.75) is 44.8 Å². The molecule has 7 heteroatoms. The second kappa shape index (κ2) is 5.72. The molecule has 0 spiro atoms. The molecule has 1 aliphatic carbocycles. The molecule has 0 amide bonds. The monoisotopic (exact) mass is 298 g/mol. The van der Waals surface area contributed by atoms with Crippen molar-refractivity contribution in [3.63, 3.8) is 0 Å². The molecule has 0 aromatic carbocycles. The molecule has 2 radical (unpaired) electrons. The Kier molecular flexibility index (Phi) is 3.91. The van der Waals surface area contributed by atoms with Crippen LogP contribution in [0.2, 0.25) is 0 Å². The van der Waals surface area contributed by atoms with Gasteiger partial charge in [-0.15, -0.1) is 0 Å². The first-order valence-electron chi connectivity index (χ1n) is 7.49. The number of aromatic nitrogens is 3. The first-order valence-corrected chi connectivity index (χ1v) is 7.49. The van der Waals surface area contributed by atoms with Crippen LogP contribution in [0.4, 0.5) is 5.95 Å². The fourth-order valence-electron chi connectivity index (χ4n) is 3.27. The Hall–Kier alpha value is -1.89. The standard InChI is InChI=1S/C15H19BN4O2/c1-8-11-7-12(16)14(21)20(13(11)19-15(17)18-8)9-3-5-10(22-2)6-4-9/h7,9-10H,3-6H2,1-2H3,(H2,17,18,19). The Balaban J connectivity index is 2.16. The SMILES string of the molecule is [B]c1cc2c(C)nc(N)nc2n(C2CCC(OC)CC2)c1=O. The van der Waals surface area contributed by atoms with Crippen molar-refractivity contribution in [1.29, 1.82) is 0 Å². The number of pyridine rings is 1. The van der Waals surface area contributed by atoms with Crippen LogP contribution in [0.15, 0.2) is 10.9 Å². The van der Waals surface area contributed by atoms with Crippen LogP contribution in [0.1, 0.15) is 37.4 Å². The molecule has 0 aliphatic heterocycles. The van der Waals surface area contributed by atoms with Gasteiger partial charge in [0.05, 0.1) is 11.8 Å². The Morgan fingerprint density at radius 3 is 2.64 bits per heavy atom. The van der Waals surface area contributed by atoms with Crippen molar-refractivity contribution in [2.24, 2.45) is 0 Å². The number of methoxy groups -OCH3 is 1. The summed E-state index contributed by atoms with van der Waals surface area (Å²) in [6, 6.07) is 1.71. The number of nitrogens with two attached hydrogens (primary N) is 1. The summed E-state index contributed by atoms with van der Waals surface area (Å²) in [5.74, 6) is 0.175. The van der Waals surface area contributed by atoms with Gasteiger partial charge in [0.2, 0.25) is 11.5 Å². The molecule has 22 heavy (non-hydrogen) atoms. The van der Waals surface area contributed by atoms with Crippen molar-refractivity contribution in [3.8, 4) is 0 Å². The van der Waals surface area contributed by atoms with E-state index < -0.39 is 0 Å². The Labute approximate surface area is 130 Å². The Morgan fingerprint density at radius 2 is 2.00 bits per heavy atom. The van der Waals surface area contributed by atoms with Crippen LogP contribution in [0.5, 0.6) is 0 Å². The molecule has 0 atom stereocenters. The summed E-state index contributed by atoms with van der Waals surface area (Å²) >= 11 is 0. The van der Waals surface area contributed by atoms with Gasteiger partial charge >= 0.3 is 0 Å². The van der Waals surface area contributed by atoms with Crippen LogP contribution >= 0.6 is 0 Å². The third-order valence-electron chi connectivity index (χ3n) is 4.47. The van der Waals surface area contributed by atoms with Crippen LogP contribution in [-0.2, 0) is 4.74 Å². The van der Waals surface area contributed by atoms with Gasteiger partial charge in [0.15, 0.2) is 0 Å². The Bertz CT molecular complexity index is 766. The predicted octanol–water partition coefficient (Wildman–Crippen LogP) is 0.606. The molecule has 0 bridgehead atoms. The molecule has 0 unspecified atom stereocenters. The molecule has 2 heterocycles. The molecule has 2 N–H and O–H groups in total. The van der Waals surface area contributed by atoms with E-state index in [2.05, 4.69) is 9.97 Å². The van der Waals surface area contributed by atoms with E-state index in [1.165, 1.54) is 0 Å². The summed E-state index contributed by atoms with van der Waals surface area (Å²) in [4.78, 5) is 21.0. The minimum atomic E-state index is -0.203. The summed E-state index contributed by atoms with van der Waals surface area (Å²) in [7, 11) is 7.64. The van der Waals surface area contributed by atoms with Crippen LogP contribution < -0.4 is 16.8 Å². The normalized spacial score (nSPS) is 22.1. The summed E-state index contributed by atoms with van der Waals surface area (Å²) in [6.07, 6.45) is 3.83. The minimum Gasteiger partial charge on any atom is -0.381 e. The first-order chi connectivity index (χ1) is 10.5. The van der Waals surface area contributed by atoms with Gasteiger partial charge in [-0.1, -0.05) is 6.07 Å². The van der Waals surface area contributed by atoms with Crippen LogP contribution in [0, 0.1) is 6.92 Å². The van der Waals surface area contributed by atoms with Crippen LogP contribution in [0.25, 0.3) is 11.0 Å². The Morgan fingerprint density at radius 1 is 1.32 bits per heavy atom. The molecule has 1 fully saturated rings. The summed E-state index contributed by atoms with van der Waals surface area (Å²) in [5.41, 5.74) is 7.09. The van der Waals surface area contributed by atoms with E-state index in [4.69, 9.17) is 18.3 Å². The number of anilines is 1. The molecule has 2 aromatic heterocycles. The maximum absolute atomic E-state index is 12.6. The van der Waals surface area contributed by atoms with E-state index in [0.717, 1.165) is 36.8 Å². The highest BCUT2D eigenvalue weighted by atomic mass is 16.5. The number of hydrogen-bond acceptors (Lipinski definition) is 5. The van der Waals surface area contributed by atoms with Crippen molar-refractivity contribution in [2.75, 3.05) is 12.8 Å². The molecule has 3 rings (SSSR count). The molecular formula is C15H19BN4O2. The fourth-order valence-corrected chi connectivity index (χ4v) is 3.27. The van der Waals surface area contributed by atoms with Gasteiger partial charge < -0.3 is 10.5 Å². The summed E-state index contributed by atoms with van der Waals surface area (Å²) in [5, 5.41) is 0.778. The van der Waals surface area contributed by atoms with E-state index in [0.29, 0.717) is 5.65 Å². The average Bonchev–Trinajstić information content (AvgIpc) is 2.50. The number of ether oxygens (including phenoxy) is 1. The fraction of sp³-hybridized carbons (Fsp3) is 0.533. The minimum absolute atomic E-state index is 0.0681. The molecule has 114 valence electrons. The van der Waals surface area contributed by atoms with Gasteiger partial charge in [-0.3, -0.25) is 9.36 Å². The number of rotatable bonds is 2. The highest BCUT2D eigenvalue weighted by Gasteiger charge is 2.25. The largest absolute Gasteiger partial charge is 0.381 e. The molecular weight excluding hydrogens is 279 g/mol. The van der Waals surface area contributed by atoms with Crippen molar-refractivity contribution < 1.29 is 4.74 Å². The molecule has 2 aromatic rings. The third kappa shape index (κ3) is 2.50. The lowest BCUT2D eigenvalue weighted by Crippen LogP contribution is -2.39. The second-order valence-corrected chi connectivity index (χ2v) is 5.85. The number of nitrogen functional groups attached to an aromatic ring is 1. The van der Waals surface area contributed by atoms with Gasteiger partial charge in [-0.05, 0) is 38.1 Å². The number of hydrogen-bond donors (Lipinski definition) is 1. The lowest BCUT2D eigenvalue weighted by Gasteiger charge is -2.30. The highest BCUT2D eigenvalue weighted by Crippen LogP contribution is 2.30. The van der Waals surface area contributed by atoms with E-state index >= 15 is 0 Å². The lowest BCUT2D eigenvalue weighted by molar-refractivity contribution is 0.0585. The predicted molar refractivity (Wildman–Crippen MR) is 86.6 cm³/mol. The number of aryl methyl sites for hydroxylation is 1. The maximum Gasteiger partial charge on any atom is 0.245 e. The van der Waals surface area contributed by atoms with Crippen LogP contribution in [0.3, 0.4) is 0 Å². The average molecular weight is 298 g/mol. The molecule has 1 aliphatic rings. The zero-order valence-electron chi connectivity index (χ0n) is 12.9. The van der Waals surface area contributed by atoms with Crippen molar-refractivity contribution in [3.05, 3.63) is 22.1 Å². The van der Waals surface area contributed by atoms with Gasteiger partial charge in [0.1, 0.15) is 13.5 Å². The molecule has 1 saturated carbocycles. The van der Waals surface area contributed by atoms with Gasteiger partial charge in [-0.25, -0.2) is 4.98 Å². The summed E-state index contributed by atoms with van der Waals surface area (Å²) < 4.78 is 7.09. The lowest BCUT2D eigenvalue weighted by atomic mass is 9.91. The quantitative estimate of drug-likeness (QED) is 0.821.